The van der Waals surface area contributed by atoms with Gasteiger partial charge >= 0.3 is 12.3 Å². The molecule has 206 valence electrons. The molecule has 2 aliphatic heterocycles. The molecule has 2 amide bonds. The molecule has 0 bridgehead atoms. The summed E-state index contributed by atoms with van der Waals surface area (Å²) < 4.78 is 44.9. The second-order valence-corrected chi connectivity index (χ2v) is 11.3. The standard InChI is InChI=1S/C28H33ClF3N3O3/c1-27(2,3)38-26(37)35-12-5-4-6-24(35)25(36)33-22-10-8-19(23(29)15-22)16-34-13-11-18-7-9-21(28(30,31)32)14-20(18)17-34/h7-10,14-15,24H,4-6,11-13,16-17H2,1-3H3,(H,33,36)/t24-/m1/s1. The van der Waals surface area contributed by atoms with Gasteiger partial charge in [0.15, 0.2) is 0 Å². The Balaban J connectivity index is 1.40. The minimum atomic E-state index is -4.37. The summed E-state index contributed by atoms with van der Waals surface area (Å²) in [7, 11) is 0. The molecule has 0 saturated carbocycles. The third kappa shape index (κ3) is 6.99. The molecular weight excluding hydrogens is 519 g/mol. The number of carbonyl (C=O) groups excluding carboxylic acids is 2. The van der Waals surface area contributed by atoms with Gasteiger partial charge in [0.1, 0.15) is 11.6 Å². The van der Waals surface area contributed by atoms with Crippen LogP contribution in [0.2, 0.25) is 5.02 Å². The number of carbonyl (C=O) groups is 2. The molecule has 0 aromatic heterocycles. The van der Waals surface area contributed by atoms with Crippen LogP contribution in [0.5, 0.6) is 0 Å². The first-order valence-corrected chi connectivity index (χ1v) is 13.2. The fourth-order valence-electron chi connectivity index (χ4n) is 4.89. The van der Waals surface area contributed by atoms with Crippen molar-refractivity contribution in [2.24, 2.45) is 0 Å². The third-order valence-corrected chi connectivity index (χ3v) is 7.12. The second kappa shape index (κ2) is 11.1. The van der Waals surface area contributed by atoms with Crippen LogP contribution < -0.4 is 5.32 Å². The van der Waals surface area contributed by atoms with Crippen LogP contribution in [0.25, 0.3) is 0 Å². The van der Waals surface area contributed by atoms with E-state index in [1.54, 1.807) is 39.0 Å². The molecule has 4 rings (SSSR count). The zero-order chi connectivity index (χ0) is 27.7. The molecule has 10 heteroatoms. The largest absolute Gasteiger partial charge is 0.444 e. The monoisotopic (exact) mass is 551 g/mol. The number of alkyl halides is 3. The lowest BCUT2D eigenvalue weighted by Gasteiger charge is -2.35. The number of amides is 2. The molecule has 6 nitrogen and oxygen atoms in total. The first kappa shape index (κ1) is 28.2. The number of benzene rings is 2. The van der Waals surface area contributed by atoms with Gasteiger partial charge in [0.05, 0.1) is 5.56 Å². The van der Waals surface area contributed by atoms with Crippen LogP contribution in [-0.2, 0) is 35.2 Å². The molecule has 2 heterocycles. The molecule has 1 fully saturated rings. The maximum absolute atomic E-state index is 13.1. The lowest BCUT2D eigenvalue weighted by Crippen LogP contribution is -2.51. The molecule has 0 spiro atoms. The number of fused-ring (bicyclic) bond motifs is 1. The number of likely N-dealkylation sites (tertiary alicyclic amines) is 1. The molecule has 2 aromatic rings. The van der Waals surface area contributed by atoms with E-state index in [1.807, 2.05) is 6.07 Å². The zero-order valence-electron chi connectivity index (χ0n) is 21.8. The van der Waals surface area contributed by atoms with Crippen molar-refractivity contribution in [2.75, 3.05) is 18.4 Å². The summed E-state index contributed by atoms with van der Waals surface area (Å²) in [5.41, 5.74) is 1.63. The molecule has 1 atom stereocenters. The predicted octanol–water partition coefficient (Wildman–Crippen LogP) is 6.65. The normalized spacial score (nSPS) is 18.6. The Morgan fingerprint density at radius 1 is 1.05 bits per heavy atom. The van der Waals surface area contributed by atoms with Crippen molar-refractivity contribution >= 4 is 29.3 Å². The van der Waals surface area contributed by atoms with E-state index < -0.39 is 29.5 Å². The van der Waals surface area contributed by atoms with Crippen molar-refractivity contribution in [3.05, 3.63) is 63.7 Å². The first-order chi connectivity index (χ1) is 17.8. The Labute approximate surface area is 226 Å². The van der Waals surface area contributed by atoms with Gasteiger partial charge in [-0.25, -0.2) is 4.79 Å². The lowest BCUT2D eigenvalue weighted by molar-refractivity contribution is -0.137. The van der Waals surface area contributed by atoms with Crippen molar-refractivity contribution in [1.29, 1.82) is 0 Å². The fraction of sp³-hybridized carbons (Fsp3) is 0.500. The average Bonchev–Trinajstić information content (AvgIpc) is 2.83. The predicted molar refractivity (Wildman–Crippen MR) is 140 cm³/mol. The summed E-state index contributed by atoms with van der Waals surface area (Å²) in [5, 5.41) is 3.32. The molecular formula is C28H33ClF3N3O3. The van der Waals surface area contributed by atoms with E-state index in [4.69, 9.17) is 16.3 Å². The molecule has 38 heavy (non-hydrogen) atoms. The SMILES string of the molecule is CC(C)(C)OC(=O)N1CCCC[C@@H]1C(=O)Nc1ccc(CN2CCc3ccc(C(F)(F)F)cc3C2)c(Cl)c1. The fourth-order valence-corrected chi connectivity index (χ4v) is 5.13. The van der Waals surface area contributed by atoms with E-state index in [0.717, 1.165) is 30.0 Å². The molecule has 0 unspecified atom stereocenters. The van der Waals surface area contributed by atoms with Crippen LogP contribution in [0.3, 0.4) is 0 Å². The summed E-state index contributed by atoms with van der Waals surface area (Å²) in [6.45, 7) is 7.39. The van der Waals surface area contributed by atoms with E-state index in [2.05, 4.69) is 10.2 Å². The van der Waals surface area contributed by atoms with Crippen molar-refractivity contribution in [1.82, 2.24) is 9.80 Å². The van der Waals surface area contributed by atoms with Crippen LogP contribution in [0.4, 0.5) is 23.7 Å². The van der Waals surface area contributed by atoms with Crippen molar-refractivity contribution < 1.29 is 27.5 Å². The molecule has 2 aromatic carbocycles. The van der Waals surface area contributed by atoms with Gasteiger partial charge < -0.3 is 10.1 Å². The Morgan fingerprint density at radius 3 is 2.50 bits per heavy atom. The van der Waals surface area contributed by atoms with Gasteiger partial charge in [-0.15, -0.1) is 0 Å². The minimum absolute atomic E-state index is 0.299. The van der Waals surface area contributed by atoms with Crippen LogP contribution in [-0.4, -0.2) is 46.5 Å². The van der Waals surface area contributed by atoms with Gasteiger partial charge in [-0.05, 0) is 87.4 Å². The highest BCUT2D eigenvalue weighted by Crippen LogP contribution is 2.33. The Morgan fingerprint density at radius 2 is 1.82 bits per heavy atom. The van der Waals surface area contributed by atoms with E-state index in [-0.39, 0.29) is 5.91 Å². The van der Waals surface area contributed by atoms with E-state index in [9.17, 15) is 22.8 Å². The number of ether oxygens (including phenoxy) is 1. The van der Waals surface area contributed by atoms with Crippen molar-refractivity contribution in [3.8, 4) is 0 Å². The summed E-state index contributed by atoms with van der Waals surface area (Å²) >= 11 is 6.54. The number of halogens is 4. The quantitative estimate of drug-likeness (QED) is 0.462. The minimum Gasteiger partial charge on any atom is -0.444 e. The maximum atomic E-state index is 13.1. The summed E-state index contributed by atoms with van der Waals surface area (Å²) in [6, 6.07) is 8.52. The van der Waals surface area contributed by atoms with Gasteiger partial charge in [0.2, 0.25) is 5.91 Å². The molecule has 0 aliphatic carbocycles. The number of nitrogens with zero attached hydrogens (tertiary/aromatic N) is 2. The smallest absolute Gasteiger partial charge is 0.416 e. The second-order valence-electron chi connectivity index (χ2n) is 10.9. The number of hydrogen-bond acceptors (Lipinski definition) is 4. The number of hydrogen-bond donors (Lipinski definition) is 1. The first-order valence-electron chi connectivity index (χ1n) is 12.8. The third-order valence-electron chi connectivity index (χ3n) is 6.77. The number of anilines is 1. The van der Waals surface area contributed by atoms with Gasteiger partial charge in [-0.2, -0.15) is 13.2 Å². The van der Waals surface area contributed by atoms with Gasteiger partial charge in [0, 0.05) is 36.9 Å². The molecule has 1 N–H and O–H groups in total. The molecule has 0 radical (unpaired) electrons. The summed E-state index contributed by atoms with van der Waals surface area (Å²) in [5.74, 6) is -0.299. The summed E-state index contributed by atoms with van der Waals surface area (Å²) in [4.78, 5) is 29.3. The average molecular weight is 552 g/mol. The van der Waals surface area contributed by atoms with Gasteiger partial charge in [0.25, 0.3) is 0 Å². The van der Waals surface area contributed by atoms with Gasteiger partial charge in [-0.1, -0.05) is 23.7 Å². The Bertz CT molecular complexity index is 1200. The number of nitrogens with one attached hydrogen (secondary N) is 1. The highest BCUT2D eigenvalue weighted by atomic mass is 35.5. The van der Waals surface area contributed by atoms with Crippen molar-refractivity contribution in [3.63, 3.8) is 0 Å². The van der Waals surface area contributed by atoms with E-state index in [0.29, 0.717) is 55.3 Å². The number of rotatable bonds is 4. The Kier molecular flexibility index (Phi) is 8.28. The maximum Gasteiger partial charge on any atom is 0.416 e. The molecule has 2 aliphatic rings. The van der Waals surface area contributed by atoms with E-state index in [1.165, 1.54) is 11.0 Å². The lowest BCUT2D eigenvalue weighted by atomic mass is 9.97. The highest BCUT2D eigenvalue weighted by molar-refractivity contribution is 6.31. The van der Waals surface area contributed by atoms with Crippen LogP contribution in [0.15, 0.2) is 36.4 Å². The Hall–Kier alpha value is -2.78. The van der Waals surface area contributed by atoms with Gasteiger partial charge in [-0.3, -0.25) is 14.6 Å². The van der Waals surface area contributed by atoms with E-state index >= 15 is 0 Å². The van der Waals surface area contributed by atoms with Crippen LogP contribution >= 0.6 is 11.6 Å². The topological polar surface area (TPSA) is 61.9 Å². The molecule has 1 saturated heterocycles. The number of piperidine rings is 1. The highest BCUT2D eigenvalue weighted by Gasteiger charge is 2.35. The van der Waals surface area contributed by atoms with Crippen LogP contribution in [0.1, 0.15) is 62.3 Å². The zero-order valence-corrected chi connectivity index (χ0v) is 22.6. The van der Waals surface area contributed by atoms with Crippen LogP contribution in [0, 0.1) is 0 Å². The van der Waals surface area contributed by atoms with Crippen molar-refractivity contribution in [2.45, 2.75) is 77.4 Å². The summed E-state index contributed by atoms with van der Waals surface area (Å²) in [6.07, 6.45) is -2.03.